The van der Waals surface area contributed by atoms with Crippen molar-refractivity contribution in [3.63, 3.8) is 0 Å². The lowest BCUT2D eigenvalue weighted by Gasteiger charge is -2.15. The first kappa shape index (κ1) is 17.7. The molecule has 24 heavy (non-hydrogen) atoms. The van der Waals surface area contributed by atoms with E-state index in [-0.39, 0.29) is 22.1 Å². The number of anilines is 1. The Kier molecular flexibility index (Phi) is 5.68. The lowest BCUT2D eigenvalue weighted by atomic mass is 10.1. The van der Waals surface area contributed by atoms with Crippen LogP contribution in [0.5, 0.6) is 0 Å². The van der Waals surface area contributed by atoms with Crippen molar-refractivity contribution in [3.05, 3.63) is 64.7 Å². The second kappa shape index (κ2) is 7.72. The Morgan fingerprint density at radius 3 is 2.25 bits per heavy atom. The predicted octanol–water partition coefficient (Wildman–Crippen LogP) is 2.84. The fourth-order valence-electron chi connectivity index (χ4n) is 1.94. The number of hydrazine groups is 1. The zero-order chi connectivity index (χ0) is 17.7. The third-order valence-corrected chi connectivity index (χ3v) is 3.61. The van der Waals surface area contributed by atoms with Gasteiger partial charge in [-0.25, -0.2) is 10.9 Å². The van der Waals surface area contributed by atoms with Crippen LogP contribution in [0.3, 0.4) is 0 Å². The zero-order valence-corrected chi connectivity index (χ0v) is 13.7. The van der Waals surface area contributed by atoms with Crippen LogP contribution >= 0.6 is 11.6 Å². The molecule has 0 saturated heterocycles. The Balaban J connectivity index is 2.14. The van der Waals surface area contributed by atoms with Crippen molar-refractivity contribution in [3.8, 4) is 0 Å². The van der Waals surface area contributed by atoms with E-state index >= 15 is 0 Å². The topological polar surface area (TPSA) is 92.5 Å². The Labute approximate surface area is 144 Å². The molecule has 0 bridgehead atoms. The second-order valence-corrected chi connectivity index (χ2v) is 5.35. The van der Waals surface area contributed by atoms with Crippen LogP contribution in [0.15, 0.2) is 48.5 Å². The number of benzene rings is 2. The van der Waals surface area contributed by atoms with Gasteiger partial charge in [-0.05, 0) is 36.4 Å². The Morgan fingerprint density at radius 2 is 1.67 bits per heavy atom. The van der Waals surface area contributed by atoms with Gasteiger partial charge in [-0.1, -0.05) is 30.7 Å². The molecule has 0 radical (unpaired) electrons. The van der Waals surface area contributed by atoms with E-state index in [1.54, 1.807) is 31.2 Å². The molecule has 2 rings (SSSR count). The monoisotopic (exact) mass is 345 g/mol. The lowest BCUT2D eigenvalue weighted by molar-refractivity contribution is -0.115. The first-order valence-electron chi connectivity index (χ1n) is 7.22. The van der Waals surface area contributed by atoms with Crippen molar-refractivity contribution in [2.24, 2.45) is 5.84 Å². The van der Waals surface area contributed by atoms with Gasteiger partial charge in [0.25, 0.3) is 11.8 Å². The molecule has 6 nitrogen and oxygen atoms in total. The predicted molar refractivity (Wildman–Crippen MR) is 91.5 cm³/mol. The fourth-order valence-corrected chi connectivity index (χ4v) is 2.16. The van der Waals surface area contributed by atoms with E-state index in [1.807, 2.05) is 0 Å². The van der Waals surface area contributed by atoms with E-state index in [1.165, 1.54) is 24.3 Å². The van der Waals surface area contributed by atoms with Crippen molar-refractivity contribution in [2.75, 3.05) is 5.32 Å². The summed E-state index contributed by atoms with van der Waals surface area (Å²) < 4.78 is 0. The third-order valence-electron chi connectivity index (χ3n) is 3.28. The molecule has 0 heterocycles. The SMILES string of the molecule is CCC(=O)Nc1ccc(C(=O)N(N)C(=O)c2ccccc2Cl)cc1. The van der Waals surface area contributed by atoms with Gasteiger partial charge >= 0.3 is 0 Å². The van der Waals surface area contributed by atoms with Gasteiger partial charge < -0.3 is 5.32 Å². The quantitative estimate of drug-likeness (QED) is 0.385. The highest BCUT2D eigenvalue weighted by atomic mass is 35.5. The molecule has 7 heteroatoms. The summed E-state index contributed by atoms with van der Waals surface area (Å²) in [6, 6.07) is 12.4. The van der Waals surface area contributed by atoms with Gasteiger partial charge in [0.1, 0.15) is 0 Å². The summed E-state index contributed by atoms with van der Waals surface area (Å²) in [6.45, 7) is 1.74. The van der Waals surface area contributed by atoms with Gasteiger partial charge in [0, 0.05) is 17.7 Å². The normalized spacial score (nSPS) is 10.1. The number of rotatable bonds is 4. The van der Waals surface area contributed by atoms with E-state index < -0.39 is 11.8 Å². The fraction of sp³-hybridized carbons (Fsp3) is 0.118. The van der Waals surface area contributed by atoms with Gasteiger partial charge in [-0.3, -0.25) is 14.4 Å². The third kappa shape index (κ3) is 3.98. The highest BCUT2D eigenvalue weighted by molar-refractivity contribution is 6.34. The number of nitrogens with one attached hydrogen (secondary N) is 1. The Bertz CT molecular complexity index is 775. The first-order valence-corrected chi connectivity index (χ1v) is 7.59. The average Bonchev–Trinajstić information content (AvgIpc) is 2.60. The number of hydrogen-bond acceptors (Lipinski definition) is 4. The number of imide groups is 1. The molecule has 2 aromatic carbocycles. The molecule has 0 aliphatic rings. The van der Waals surface area contributed by atoms with Crippen LogP contribution in [-0.4, -0.2) is 22.7 Å². The standard InChI is InChI=1S/C17H16ClN3O3/c1-2-15(22)20-12-9-7-11(8-10-12)16(23)21(19)17(24)13-5-3-4-6-14(13)18/h3-10H,2,19H2,1H3,(H,20,22). The summed E-state index contributed by atoms with van der Waals surface area (Å²) in [5.41, 5.74) is 0.911. The molecular weight excluding hydrogens is 330 g/mol. The van der Waals surface area contributed by atoms with E-state index in [9.17, 15) is 14.4 Å². The number of nitrogens with zero attached hydrogens (tertiary/aromatic N) is 1. The number of carbonyl (C=O) groups is 3. The molecule has 0 saturated carbocycles. The molecule has 0 spiro atoms. The number of hydrogen-bond donors (Lipinski definition) is 2. The van der Waals surface area contributed by atoms with Crippen molar-refractivity contribution < 1.29 is 14.4 Å². The summed E-state index contributed by atoms with van der Waals surface area (Å²) in [5.74, 6) is 4.13. The minimum atomic E-state index is -0.700. The molecule has 0 fully saturated rings. The van der Waals surface area contributed by atoms with Crippen molar-refractivity contribution >= 4 is 35.0 Å². The Morgan fingerprint density at radius 1 is 1.04 bits per heavy atom. The highest BCUT2D eigenvalue weighted by Gasteiger charge is 2.22. The number of halogens is 1. The minimum absolute atomic E-state index is 0.136. The van der Waals surface area contributed by atoms with Crippen LogP contribution in [0.2, 0.25) is 5.02 Å². The maximum absolute atomic E-state index is 12.3. The molecule has 3 N–H and O–H groups in total. The highest BCUT2D eigenvalue weighted by Crippen LogP contribution is 2.17. The van der Waals surface area contributed by atoms with Crippen molar-refractivity contribution in [2.45, 2.75) is 13.3 Å². The Hall–Kier alpha value is -2.70. The molecule has 0 aliphatic heterocycles. The minimum Gasteiger partial charge on any atom is -0.326 e. The molecule has 0 atom stereocenters. The number of nitrogens with two attached hydrogens (primary N) is 1. The summed E-state index contributed by atoms with van der Waals surface area (Å²) in [6.07, 6.45) is 0.351. The maximum Gasteiger partial charge on any atom is 0.276 e. The van der Waals surface area contributed by atoms with Crippen LogP contribution in [0.4, 0.5) is 5.69 Å². The van der Waals surface area contributed by atoms with Crippen LogP contribution in [0.25, 0.3) is 0 Å². The van der Waals surface area contributed by atoms with Crippen LogP contribution in [0, 0.1) is 0 Å². The van der Waals surface area contributed by atoms with E-state index in [2.05, 4.69) is 5.32 Å². The zero-order valence-electron chi connectivity index (χ0n) is 13.0. The van der Waals surface area contributed by atoms with Crippen LogP contribution in [0.1, 0.15) is 34.1 Å². The van der Waals surface area contributed by atoms with E-state index in [0.29, 0.717) is 17.1 Å². The van der Waals surface area contributed by atoms with Crippen molar-refractivity contribution in [1.29, 1.82) is 0 Å². The summed E-state index contributed by atoms with van der Waals surface area (Å²) in [5, 5.41) is 3.39. The number of carbonyl (C=O) groups excluding carboxylic acids is 3. The van der Waals surface area contributed by atoms with Gasteiger partial charge in [0.2, 0.25) is 5.91 Å². The van der Waals surface area contributed by atoms with Crippen molar-refractivity contribution in [1.82, 2.24) is 5.01 Å². The molecule has 124 valence electrons. The maximum atomic E-state index is 12.3. The van der Waals surface area contributed by atoms with E-state index in [4.69, 9.17) is 17.4 Å². The lowest BCUT2D eigenvalue weighted by Crippen LogP contribution is -2.42. The second-order valence-electron chi connectivity index (χ2n) is 4.94. The van der Waals surface area contributed by atoms with Gasteiger partial charge in [0.05, 0.1) is 10.6 Å². The van der Waals surface area contributed by atoms with Crippen LogP contribution < -0.4 is 11.2 Å². The molecule has 0 aromatic heterocycles. The molecular formula is C17H16ClN3O3. The smallest absolute Gasteiger partial charge is 0.276 e. The molecule has 3 amide bonds. The molecule has 2 aromatic rings. The summed E-state index contributed by atoms with van der Waals surface area (Å²) in [7, 11) is 0. The first-order chi connectivity index (χ1) is 11.4. The summed E-state index contributed by atoms with van der Waals surface area (Å²) >= 11 is 5.94. The van der Waals surface area contributed by atoms with Gasteiger partial charge in [-0.2, -0.15) is 0 Å². The van der Waals surface area contributed by atoms with Gasteiger partial charge in [0.15, 0.2) is 0 Å². The largest absolute Gasteiger partial charge is 0.326 e. The van der Waals surface area contributed by atoms with E-state index in [0.717, 1.165) is 0 Å². The average molecular weight is 346 g/mol. The molecule has 0 aliphatic carbocycles. The summed E-state index contributed by atoms with van der Waals surface area (Å²) in [4.78, 5) is 35.9. The van der Waals surface area contributed by atoms with Gasteiger partial charge in [-0.15, -0.1) is 0 Å². The molecule has 0 unspecified atom stereocenters. The number of amides is 3. The van der Waals surface area contributed by atoms with Crippen LogP contribution in [-0.2, 0) is 4.79 Å².